The molecule has 1 N–H and O–H groups in total. The van der Waals surface area contributed by atoms with Crippen LogP contribution < -0.4 is 10.2 Å². The van der Waals surface area contributed by atoms with Crippen molar-refractivity contribution in [2.45, 2.75) is 13.5 Å². The Morgan fingerprint density at radius 1 is 1.12 bits per heavy atom. The molecule has 1 aliphatic rings. The molecule has 3 rings (SSSR count). The molecule has 1 saturated heterocycles. The number of nitrogens with zero attached hydrogens (tertiary/aromatic N) is 3. The SMILES string of the molecule is Cc1ccc(N2CCN(CC(=O)NCc3ccncc3)C2=O)cc1. The largest absolute Gasteiger partial charge is 0.350 e. The second kappa shape index (κ2) is 7.12. The summed E-state index contributed by atoms with van der Waals surface area (Å²) >= 11 is 0. The highest BCUT2D eigenvalue weighted by molar-refractivity contribution is 5.96. The van der Waals surface area contributed by atoms with Gasteiger partial charge in [0.05, 0.1) is 0 Å². The molecule has 2 aromatic rings. The van der Waals surface area contributed by atoms with Crippen molar-refractivity contribution in [1.82, 2.24) is 15.2 Å². The highest BCUT2D eigenvalue weighted by atomic mass is 16.2. The van der Waals surface area contributed by atoms with E-state index in [1.807, 2.05) is 43.3 Å². The molecular weight excluding hydrogens is 304 g/mol. The van der Waals surface area contributed by atoms with E-state index >= 15 is 0 Å². The first-order valence-electron chi connectivity index (χ1n) is 7.92. The normalized spacial score (nSPS) is 14.1. The molecule has 1 aromatic heterocycles. The van der Waals surface area contributed by atoms with Crippen molar-refractivity contribution < 1.29 is 9.59 Å². The molecule has 0 saturated carbocycles. The highest BCUT2D eigenvalue weighted by Crippen LogP contribution is 2.20. The number of rotatable bonds is 5. The second-order valence-corrected chi connectivity index (χ2v) is 5.82. The quantitative estimate of drug-likeness (QED) is 0.914. The standard InChI is InChI=1S/C18H20N4O2/c1-14-2-4-16(5-3-14)22-11-10-21(18(22)24)13-17(23)20-12-15-6-8-19-9-7-15/h2-9H,10-13H2,1H3,(H,20,23). The van der Waals surface area contributed by atoms with Crippen LogP contribution in [0.15, 0.2) is 48.8 Å². The highest BCUT2D eigenvalue weighted by Gasteiger charge is 2.30. The Hall–Kier alpha value is -2.89. The topological polar surface area (TPSA) is 65.5 Å². The Kier molecular flexibility index (Phi) is 4.74. The fourth-order valence-electron chi connectivity index (χ4n) is 2.62. The number of anilines is 1. The minimum Gasteiger partial charge on any atom is -0.350 e. The van der Waals surface area contributed by atoms with Crippen molar-refractivity contribution in [3.05, 3.63) is 59.9 Å². The minimum absolute atomic E-state index is 0.0757. The molecule has 0 radical (unpaired) electrons. The van der Waals surface area contributed by atoms with Crippen molar-refractivity contribution in [2.75, 3.05) is 24.5 Å². The van der Waals surface area contributed by atoms with E-state index < -0.39 is 0 Å². The third kappa shape index (κ3) is 3.71. The fraction of sp³-hybridized carbons (Fsp3) is 0.278. The van der Waals surface area contributed by atoms with Crippen LogP contribution >= 0.6 is 0 Å². The molecule has 1 aromatic carbocycles. The predicted octanol–water partition coefficient (Wildman–Crippen LogP) is 1.95. The number of carbonyl (C=O) groups is 2. The van der Waals surface area contributed by atoms with Gasteiger partial charge in [-0.2, -0.15) is 0 Å². The second-order valence-electron chi connectivity index (χ2n) is 5.82. The first kappa shape index (κ1) is 16.0. The Morgan fingerprint density at radius 3 is 2.54 bits per heavy atom. The molecule has 0 unspecified atom stereocenters. The van der Waals surface area contributed by atoms with Crippen molar-refractivity contribution in [3.63, 3.8) is 0 Å². The molecule has 3 amide bonds. The zero-order valence-corrected chi connectivity index (χ0v) is 13.6. The summed E-state index contributed by atoms with van der Waals surface area (Å²) in [4.78, 5) is 31.7. The van der Waals surface area contributed by atoms with Gasteiger partial charge in [0.1, 0.15) is 6.54 Å². The number of carbonyl (C=O) groups excluding carboxylic acids is 2. The lowest BCUT2D eigenvalue weighted by Gasteiger charge is -2.18. The van der Waals surface area contributed by atoms with Crippen LogP contribution in [0.5, 0.6) is 0 Å². The van der Waals surface area contributed by atoms with Crippen LogP contribution in [-0.2, 0) is 11.3 Å². The maximum absolute atomic E-state index is 12.5. The van der Waals surface area contributed by atoms with E-state index in [2.05, 4.69) is 10.3 Å². The van der Waals surface area contributed by atoms with E-state index in [4.69, 9.17) is 0 Å². The summed E-state index contributed by atoms with van der Waals surface area (Å²) in [5, 5.41) is 2.83. The van der Waals surface area contributed by atoms with Gasteiger partial charge in [-0.3, -0.25) is 14.7 Å². The van der Waals surface area contributed by atoms with Crippen molar-refractivity contribution in [3.8, 4) is 0 Å². The van der Waals surface area contributed by atoms with E-state index in [0.717, 1.165) is 16.8 Å². The van der Waals surface area contributed by atoms with E-state index in [1.165, 1.54) is 0 Å². The number of hydrogen-bond donors (Lipinski definition) is 1. The van der Waals surface area contributed by atoms with Crippen LogP contribution in [0.3, 0.4) is 0 Å². The van der Waals surface area contributed by atoms with Gasteiger partial charge in [-0.1, -0.05) is 17.7 Å². The van der Waals surface area contributed by atoms with Gasteiger partial charge >= 0.3 is 6.03 Å². The zero-order valence-electron chi connectivity index (χ0n) is 13.6. The number of pyridine rings is 1. The summed E-state index contributed by atoms with van der Waals surface area (Å²) in [7, 11) is 0. The first-order chi connectivity index (χ1) is 11.6. The lowest BCUT2D eigenvalue weighted by molar-refractivity contribution is -0.121. The van der Waals surface area contributed by atoms with Crippen LogP contribution in [0.4, 0.5) is 10.5 Å². The van der Waals surface area contributed by atoms with Crippen LogP contribution in [0, 0.1) is 6.92 Å². The van der Waals surface area contributed by atoms with Gasteiger partial charge in [0, 0.05) is 37.7 Å². The summed E-state index contributed by atoms with van der Waals surface area (Å²) in [6.45, 7) is 3.67. The van der Waals surface area contributed by atoms with E-state index in [9.17, 15) is 9.59 Å². The average molecular weight is 324 g/mol. The summed E-state index contributed by atoms with van der Waals surface area (Å²) < 4.78 is 0. The van der Waals surface area contributed by atoms with Gasteiger partial charge in [-0.25, -0.2) is 4.79 Å². The Balaban J connectivity index is 1.53. The van der Waals surface area contributed by atoms with Crippen LogP contribution in [0.25, 0.3) is 0 Å². The third-order valence-corrected chi connectivity index (χ3v) is 4.01. The molecule has 1 aliphatic heterocycles. The van der Waals surface area contributed by atoms with Crippen molar-refractivity contribution in [1.29, 1.82) is 0 Å². The first-order valence-corrected chi connectivity index (χ1v) is 7.92. The van der Waals surface area contributed by atoms with Crippen LogP contribution in [0.2, 0.25) is 0 Å². The smallest absolute Gasteiger partial charge is 0.325 e. The monoisotopic (exact) mass is 324 g/mol. The molecule has 6 nitrogen and oxygen atoms in total. The summed E-state index contributed by atoms with van der Waals surface area (Å²) in [6, 6.07) is 11.4. The minimum atomic E-state index is -0.161. The van der Waals surface area contributed by atoms with Crippen molar-refractivity contribution in [2.24, 2.45) is 0 Å². The Labute approximate surface area is 141 Å². The van der Waals surface area contributed by atoms with Gasteiger partial charge in [-0.15, -0.1) is 0 Å². The Morgan fingerprint density at radius 2 is 1.83 bits per heavy atom. The molecule has 6 heteroatoms. The molecule has 0 spiro atoms. The molecule has 1 fully saturated rings. The maximum Gasteiger partial charge on any atom is 0.325 e. The van der Waals surface area contributed by atoms with E-state index in [-0.39, 0.29) is 18.5 Å². The number of aromatic nitrogens is 1. The van der Waals surface area contributed by atoms with E-state index in [1.54, 1.807) is 22.2 Å². The van der Waals surface area contributed by atoms with Crippen molar-refractivity contribution >= 4 is 17.6 Å². The molecular formula is C18H20N4O2. The molecule has 0 bridgehead atoms. The number of hydrogen-bond acceptors (Lipinski definition) is 3. The van der Waals surface area contributed by atoms with Gasteiger partial charge in [0.15, 0.2) is 0 Å². The predicted molar refractivity (Wildman–Crippen MR) is 91.6 cm³/mol. The molecule has 0 aliphatic carbocycles. The van der Waals surface area contributed by atoms with Crippen LogP contribution in [-0.4, -0.2) is 41.5 Å². The molecule has 0 atom stereocenters. The number of urea groups is 1. The third-order valence-electron chi connectivity index (χ3n) is 4.01. The van der Waals surface area contributed by atoms with Crippen LogP contribution in [0.1, 0.15) is 11.1 Å². The Bertz CT molecular complexity index is 716. The van der Waals surface area contributed by atoms with Gasteiger partial charge in [0.2, 0.25) is 5.91 Å². The fourth-order valence-corrected chi connectivity index (χ4v) is 2.62. The number of benzene rings is 1. The van der Waals surface area contributed by atoms with Gasteiger partial charge < -0.3 is 10.2 Å². The summed E-state index contributed by atoms with van der Waals surface area (Å²) in [5.41, 5.74) is 3.00. The number of amides is 3. The molecule has 24 heavy (non-hydrogen) atoms. The summed E-state index contributed by atoms with van der Waals surface area (Å²) in [5.74, 6) is -0.161. The van der Waals surface area contributed by atoms with Gasteiger partial charge in [-0.05, 0) is 36.8 Å². The van der Waals surface area contributed by atoms with E-state index in [0.29, 0.717) is 19.6 Å². The number of nitrogens with one attached hydrogen (secondary N) is 1. The zero-order chi connectivity index (χ0) is 16.9. The molecule has 124 valence electrons. The maximum atomic E-state index is 12.5. The summed E-state index contributed by atoms with van der Waals surface area (Å²) in [6.07, 6.45) is 3.37. The lowest BCUT2D eigenvalue weighted by Crippen LogP contribution is -2.39. The number of aryl methyl sites for hydroxylation is 1. The average Bonchev–Trinajstić information content (AvgIpc) is 2.95. The van der Waals surface area contributed by atoms with Gasteiger partial charge in [0.25, 0.3) is 0 Å². The lowest BCUT2D eigenvalue weighted by atomic mass is 10.2. The molecule has 2 heterocycles.